The van der Waals surface area contributed by atoms with Gasteiger partial charge in [-0.25, -0.2) is 0 Å². The zero-order chi connectivity index (χ0) is 19.7. The number of aliphatic carboxylic acids is 1. The molecule has 0 bridgehead atoms. The molecule has 2 rings (SSSR count). The minimum atomic E-state index is -0.731. The zero-order valence-corrected chi connectivity index (χ0v) is 16.9. The first-order valence-corrected chi connectivity index (χ1v) is 10.6. The summed E-state index contributed by atoms with van der Waals surface area (Å²) in [6.07, 6.45) is 23.3. The van der Waals surface area contributed by atoms with Crippen molar-refractivity contribution < 1.29 is 15.0 Å². The highest BCUT2D eigenvalue weighted by Gasteiger charge is 2.61. The van der Waals surface area contributed by atoms with Crippen molar-refractivity contribution in [3.05, 3.63) is 48.1 Å². The van der Waals surface area contributed by atoms with Crippen LogP contribution in [0.1, 0.15) is 71.6 Å². The first kappa shape index (κ1) is 21.7. The summed E-state index contributed by atoms with van der Waals surface area (Å²) in [4.78, 5) is 10.7. The van der Waals surface area contributed by atoms with Gasteiger partial charge in [0.25, 0.3) is 0 Å². The molecule has 0 aromatic carbocycles. The number of aliphatic hydroxyl groups is 1. The van der Waals surface area contributed by atoms with Crippen molar-refractivity contribution in [2.45, 2.75) is 77.7 Å². The molecule has 3 heteroatoms. The van der Waals surface area contributed by atoms with E-state index in [-0.39, 0.29) is 23.9 Å². The molecule has 27 heavy (non-hydrogen) atoms. The fourth-order valence-electron chi connectivity index (χ4n) is 4.44. The van der Waals surface area contributed by atoms with Crippen LogP contribution in [0.5, 0.6) is 0 Å². The third kappa shape index (κ3) is 6.21. The van der Waals surface area contributed by atoms with E-state index in [0.717, 1.165) is 44.9 Å². The van der Waals surface area contributed by atoms with Gasteiger partial charge in [-0.15, -0.1) is 0 Å². The van der Waals surface area contributed by atoms with E-state index in [9.17, 15) is 9.90 Å². The van der Waals surface area contributed by atoms with Crippen LogP contribution in [0.25, 0.3) is 0 Å². The maximum absolute atomic E-state index is 10.7. The van der Waals surface area contributed by atoms with Crippen molar-refractivity contribution in [3.63, 3.8) is 0 Å². The summed E-state index contributed by atoms with van der Waals surface area (Å²) in [6.45, 7) is 4.23. The van der Waals surface area contributed by atoms with Crippen LogP contribution in [0.15, 0.2) is 48.1 Å². The van der Waals surface area contributed by atoms with Gasteiger partial charge >= 0.3 is 5.97 Å². The Kier molecular flexibility index (Phi) is 8.56. The van der Waals surface area contributed by atoms with Crippen molar-refractivity contribution in [2.75, 3.05) is 0 Å². The summed E-state index contributed by atoms with van der Waals surface area (Å²) in [6, 6.07) is 0. The highest BCUT2D eigenvalue weighted by atomic mass is 16.4. The van der Waals surface area contributed by atoms with Crippen molar-refractivity contribution in [1.29, 1.82) is 0 Å². The van der Waals surface area contributed by atoms with E-state index in [4.69, 9.17) is 5.11 Å². The Bertz CT molecular complexity index is 599. The second kappa shape index (κ2) is 10.7. The summed E-state index contributed by atoms with van der Waals surface area (Å²) in [5, 5.41) is 19.4. The number of carboxylic acids is 1. The van der Waals surface area contributed by atoms with Gasteiger partial charge in [0.15, 0.2) is 0 Å². The number of carboxylic acid groups (broad SMARTS) is 1. The molecule has 2 fully saturated rings. The summed E-state index contributed by atoms with van der Waals surface area (Å²) in [7, 11) is 0. The van der Waals surface area contributed by atoms with Gasteiger partial charge in [-0.3, -0.25) is 4.79 Å². The van der Waals surface area contributed by atoms with Crippen LogP contribution in [-0.4, -0.2) is 22.3 Å². The summed E-state index contributed by atoms with van der Waals surface area (Å²) in [5.74, 6) is 0.0645. The quantitative estimate of drug-likeness (QED) is 0.449. The molecule has 2 aliphatic carbocycles. The van der Waals surface area contributed by atoms with Crippen molar-refractivity contribution in [2.24, 2.45) is 17.3 Å². The van der Waals surface area contributed by atoms with Crippen molar-refractivity contribution >= 4 is 5.97 Å². The molecule has 0 aromatic heterocycles. The van der Waals surface area contributed by atoms with Crippen LogP contribution < -0.4 is 0 Å². The van der Waals surface area contributed by atoms with E-state index in [2.05, 4.69) is 56.4 Å². The molecule has 0 aromatic rings. The van der Waals surface area contributed by atoms with Gasteiger partial charge in [0.2, 0.25) is 0 Å². The van der Waals surface area contributed by atoms with E-state index < -0.39 is 5.97 Å². The molecule has 2 N–H and O–H groups in total. The predicted molar refractivity (Wildman–Crippen MR) is 111 cm³/mol. The minimum absolute atomic E-state index is 0.0113. The van der Waals surface area contributed by atoms with E-state index in [0.29, 0.717) is 12.3 Å². The van der Waals surface area contributed by atoms with Gasteiger partial charge in [-0.1, -0.05) is 62.0 Å². The molecule has 0 heterocycles. The maximum atomic E-state index is 10.7. The molecule has 0 saturated heterocycles. The van der Waals surface area contributed by atoms with E-state index in [1.807, 2.05) is 0 Å². The van der Waals surface area contributed by atoms with Crippen LogP contribution in [0, 0.1) is 17.3 Å². The first-order chi connectivity index (χ1) is 13.0. The van der Waals surface area contributed by atoms with E-state index in [1.54, 1.807) is 0 Å². The molecule has 1 spiro atoms. The largest absolute Gasteiger partial charge is 0.481 e. The van der Waals surface area contributed by atoms with Crippen molar-refractivity contribution in [3.8, 4) is 0 Å². The summed E-state index contributed by atoms with van der Waals surface area (Å²) >= 11 is 0. The van der Waals surface area contributed by atoms with Gasteiger partial charge in [0.1, 0.15) is 0 Å². The molecule has 0 radical (unpaired) electrons. The molecule has 150 valence electrons. The molecule has 1 unspecified atom stereocenters. The smallest absolute Gasteiger partial charge is 0.303 e. The minimum Gasteiger partial charge on any atom is -0.481 e. The molecule has 4 atom stereocenters. The lowest BCUT2D eigenvalue weighted by Gasteiger charge is -2.20. The predicted octanol–water partition coefficient (Wildman–Crippen LogP) is 5.82. The maximum Gasteiger partial charge on any atom is 0.303 e. The van der Waals surface area contributed by atoms with E-state index >= 15 is 0 Å². The second-order valence-corrected chi connectivity index (χ2v) is 8.14. The molecular weight excluding hydrogens is 336 g/mol. The number of allylic oxidation sites excluding steroid dienone is 7. The van der Waals surface area contributed by atoms with Crippen molar-refractivity contribution in [1.82, 2.24) is 0 Å². The zero-order valence-electron chi connectivity index (χ0n) is 16.9. The Labute approximate surface area is 164 Å². The number of hydrogen-bond donors (Lipinski definition) is 2. The molecule has 0 aliphatic heterocycles. The Hall–Kier alpha value is -1.61. The number of hydrogen-bond acceptors (Lipinski definition) is 2. The van der Waals surface area contributed by atoms with Gasteiger partial charge in [-0.05, 0) is 63.2 Å². The topological polar surface area (TPSA) is 57.5 Å². The number of rotatable bonds is 11. The lowest BCUT2D eigenvalue weighted by atomic mass is 9.86. The fraction of sp³-hybridized carbons (Fsp3) is 0.625. The number of aliphatic hydroxyl groups excluding tert-OH is 1. The Balaban J connectivity index is 1.81. The van der Waals surface area contributed by atoms with Crippen LogP contribution in [0.3, 0.4) is 0 Å². The lowest BCUT2D eigenvalue weighted by Crippen LogP contribution is -2.21. The van der Waals surface area contributed by atoms with Gasteiger partial charge in [0, 0.05) is 11.8 Å². The molecule has 3 nitrogen and oxygen atoms in total. The summed E-state index contributed by atoms with van der Waals surface area (Å²) in [5.41, 5.74) is 1.36. The average molecular weight is 373 g/mol. The fourth-order valence-corrected chi connectivity index (χ4v) is 4.44. The number of carbonyl (C=O) groups is 1. The van der Waals surface area contributed by atoms with E-state index in [1.165, 1.54) is 5.57 Å². The molecular formula is C24H36O3. The molecule has 0 amide bonds. The van der Waals surface area contributed by atoms with Crippen LogP contribution >= 0.6 is 0 Å². The molecule has 2 saturated carbocycles. The lowest BCUT2D eigenvalue weighted by molar-refractivity contribution is -0.137. The van der Waals surface area contributed by atoms with Gasteiger partial charge < -0.3 is 10.2 Å². The highest BCUT2D eigenvalue weighted by molar-refractivity contribution is 5.66. The molecule has 2 aliphatic rings. The standard InChI is InChI=1S/C24H36O3/c1-3-4-5-6-7-8-9-10-11-12-20-14-15-22(25)24(20)18-21(24)17-19(2)13-16-23(26)27/h4-5,7-8,10-11,17,19-20,22,25H,3,6,9,12-16,18H2,1-2H3,(H,26,27)/b5-4-,8-7-,11-10-,21-17+/t19?,20-,22-,24+/m0/s1. The van der Waals surface area contributed by atoms with Crippen LogP contribution in [0.4, 0.5) is 0 Å². The normalized spacial score (nSPS) is 30.4. The summed E-state index contributed by atoms with van der Waals surface area (Å²) < 4.78 is 0. The van der Waals surface area contributed by atoms with Gasteiger partial charge in [0.05, 0.1) is 6.10 Å². The SMILES string of the molecule is CC/C=C\C/C=C\C/C=C\C[C@H]1CC[C@H](O)[C@]12C/C2=C\C(C)CCC(=O)O. The second-order valence-electron chi connectivity index (χ2n) is 8.14. The third-order valence-electron chi connectivity index (χ3n) is 6.07. The highest BCUT2D eigenvalue weighted by Crippen LogP contribution is 2.66. The van der Waals surface area contributed by atoms with Gasteiger partial charge in [-0.2, -0.15) is 0 Å². The Morgan fingerprint density at radius 1 is 1.15 bits per heavy atom. The Morgan fingerprint density at radius 2 is 1.81 bits per heavy atom. The van der Waals surface area contributed by atoms with Crippen LogP contribution in [0.2, 0.25) is 0 Å². The monoisotopic (exact) mass is 372 g/mol. The average Bonchev–Trinajstić information content (AvgIpc) is 3.26. The third-order valence-corrected chi connectivity index (χ3v) is 6.07. The van der Waals surface area contributed by atoms with Crippen LogP contribution in [-0.2, 0) is 4.79 Å². The Morgan fingerprint density at radius 3 is 2.48 bits per heavy atom. The first-order valence-electron chi connectivity index (χ1n) is 10.6.